The number of hydrogen-bond acceptors (Lipinski definition) is 0. The molecule has 0 heteroatoms. The van der Waals surface area contributed by atoms with Crippen molar-refractivity contribution in [2.24, 2.45) is 10.8 Å². The van der Waals surface area contributed by atoms with Gasteiger partial charge in [-0.15, -0.1) is 0 Å². The summed E-state index contributed by atoms with van der Waals surface area (Å²) in [6.45, 7) is 7.12. The van der Waals surface area contributed by atoms with Crippen LogP contribution in [0.15, 0.2) is 11.6 Å². The summed E-state index contributed by atoms with van der Waals surface area (Å²) in [6.07, 6.45) is 7.43. The highest BCUT2D eigenvalue weighted by Crippen LogP contribution is 2.61. The van der Waals surface area contributed by atoms with Crippen molar-refractivity contribution in [3.8, 4) is 0 Å². The summed E-state index contributed by atoms with van der Waals surface area (Å²) >= 11 is 0. The molecule has 0 aromatic heterocycles. The van der Waals surface area contributed by atoms with Gasteiger partial charge in [0, 0.05) is 0 Å². The average molecular weight is 135 g/mol. The van der Waals surface area contributed by atoms with Gasteiger partial charge in [-0.25, -0.2) is 0 Å². The average Bonchev–Trinajstić information content (AvgIpc) is 2.18. The molecule has 1 unspecified atom stereocenters. The largest absolute Gasteiger partial charge is 0.0842 e. The number of fused-ring (bicyclic) bond motifs is 2. The molecule has 1 fully saturated rings. The molecule has 55 valence electrons. The summed E-state index contributed by atoms with van der Waals surface area (Å²) in [5.41, 5.74) is 2.62. The predicted octanol–water partition coefficient (Wildman–Crippen LogP) is 2.96. The molecule has 1 radical (unpaired) electrons. The van der Waals surface area contributed by atoms with E-state index in [4.69, 9.17) is 0 Å². The van der Waals surface area contributed by atoms with E-state index in [1.165, 1.54) is 12.8 Å². The highest BCUT2D eigenvalue weighted by molar-refractivity contribution is 5.35. The minimum atomic E-state index is 0.465. The van der Waals surface area contributed by atoms with Crippen molar-refractivity contribution in [3.05, 3.63) is 18.1 Å². The highest BCUT2D eigenvalue weighted by atomic mass is 14.5. The van der Waals surface area contributed by atoms with E-state index >= 15 is 0 Å². The van der Waals surface area contributed by atoms with E-state index in [1.54, 1.807) is 5.57 Å². The van der Waals surface area contributed by atoms with E-state index in [0.29, 0.717) is 10.8 Å². The van der Waals surface area contributed by atoms with Gasteiger partial charge in [0.15, 0.2) is 0 Å². The van der Waals surface area contributed by atoms with E-state index in [9.17, 15) is 0 Å². The first-order chi connectivity index (χ1) is 4.56. The lowest BCUT2D eigenvalue weighted by Crippen LogP contribution is -2.26. The first-order valence-electron chi connectivity index (χ1n) is 4.10. The second kappa shape index (κ2) is 1.49. The van der Waals surface area contributed by atoms with Gasteiger partial charge >= 0.3 is 0 Å². The van der Waals surface area contributed by atoms with Crippen LogP contribution < -0.4 is 0 Å². The molecule has 0 heterocycles. The van der Waals surface area contributed by atoms with Gasteiger partial charge in [-0.2, -0.15) is 0 Å². The minimum absolute atomic E-state index is 0.465. The molecule has 2 aliphatic carbocycles. The van der Waals surface area contributed by atoms with Crippen LogP contribution in [-0.4, -0.2) is 0 Å². The molecule has 10 heavy (non-hydrogen) atoms. The Morgan fingerprint density at radius 3 is 2.10 bits per heavy atom. The van der Waals surface area contributed by atoms with Gasteiger partial charge in [0.05, 0.1) is 0 Å². The van der Waals surface area contributed by atoms with E-state index in [0.717, 1.165) is 0 Å². The number of allylic oxidation sites excluding steroid dienone is 2. The summed E-state index contributed by atoms with van der Waals surface area (Å²) < 4.78 is 0. The van der Waals surface area contributed by atoms with E-state index < -0.39 is 0 Å². The highest BCUT2D eigenvalue weighted by Gasteiger charge is 2.51. The van der Waals surface area contributed by atoms with E-state index in [-0.39, 0.29) is 0 Å². The summed E-state index contributed by atoms with van der Waals surface area (Å²) in [6, 6.07) is 0. The van der Waals surface area contributed by atoms with Gasteiger partial charge in [-0.1, -0.05) is 32.4 Å². The fourth-order valence-electron chi connectivity index (χ4n) is 2.22. The zero-order chi connectivity index (χ0) is 7.41. The predicted molar refractivity (Wildman–Crippen MR) is 43.5 cm³/mol. The lowest BCUT2D eigenvalue weighted by molar-refractivity contribution is 0.227. The second-order valence-corrected chi connectivity index (χ2v) is 4.38. The molecule has 1 saturated carbocycles. The molecule has 0 spiro atoms. The van der Waals surface area contributed by atoms with Crippen LogP contribution in [0.5, 0.6) is 0 Å². The second-order valence-electron chi connectivity index (χ2n) is 4.38. The van der Waals surface area contributed by atoms with Crippen LogP contribution in [0.4, 0.5) is 0 Å². The molecule has 0 nitrogen and oxygen atoms in total. The van der Waals surface area contributed by atoms with Crippen LogP contribution in [-0.2, 0) is 0 Å². The first kappa shape index (κ1) is 6.45. The Hall–Kier alpha value is -0.260. The van der Waals surface area contributed by atoms with E-state index in [2.05, 4.69) is 33.3 Å². The minimum Gasteiger partial charge on any atom is -0.0842 e. The molecule has 0 amide bonds. The third-order valence-electron chi connectivity index (χ3n) is 3.78. The fraction of sp³-hybridized carbons (Fsp3) is 0.700. The Morgan fingerprint density at radius 2 is 2.00 bits per heavy atom. The van der Waals surface area contributed by atoms with E-state index in [1.807, 2.05) is 0 Å². The van der Waals surface area contributed by atoms with Crippen molar-refractivity contribution in [2.45, 2.75) is 33.6 Å². The normalized spacial score (nSPS) is 42.1. The van der Waals surface area contributed by atoms with Crippen molar-refractivity contribution < 1.29 is 0 Å². The topological polar surface area (TPSA) is 0 Å². The molecule has 2 bridgehead atoms. The summed E-state index contributed by atoms with van der Waals surface area (Å²) in [5, 5.41) is 0. The Kier molecular flexibility index (Phi) is 0.962. The Labute approximate surface area is 63.3 Å². The van der Waals surface area contributed by atoms with Crippen LogP contribution >= 0.6 is 0 Å². The quantitative estimate of drug-likeness (QED) is 0.448. The monoisotopic (exact) mass is 135 g/mol. The van der Waals surface area contributed by atoms with Gasteiger partial charge in [0.1, 0.15) is 0 Å². The van der Waals surface area contributed by atoms with Gasteiger partial charge in [-0.3, -0.25) is 0 Å². The molecule has 2 rings (SSSR count). The molecular weight excluding hydrogens is 120 g/mol. The van der Waals surface area contributed by atoms with Gasteiger partial charge in [0.25, 0.3) is 0 Å². The van der Waals surface area contributed by atoms with Crippen molar-refractivity contribution in [3.63, 3.8) is 0 Å². The van der Waals surface area contributed by atoms with Gasteiger partial charge in [0.2, 0.25) is 0 Å². The van der Waals surface area contributed by atoms with Crippen LogP contribution in [0.3, 0.4) is 0 Å². The molecular formula is C10H15. The molecule has 0 saturated heterocycles. The first-order valence-corrected chi connectivity index (χ1v) is 4.10. The molecule has 0 aromatic carbocycles. The third kappa shape index (κ3) is 0.492. The SMILES string of the molecule is CC12[CH]CC(=CC1)C2(C)C. The zero-order valence-electron chi connectivity index (χ0n) is 7.07. The van der Waals surface area contributed by atoms with Crippen LogP contribution in [0.2, 0.25) is 0 Å². The Bertz CT molecular complexity index is 198. The van der Waals surface area contributed by atoms with Crippen LogP contribution in [0.25, 0.3) is 0 Å². The third-order valence-corrected chi connectivity index (χ3v) is 3.78. The summed E-state index contributed by atoms with van der Waals surface area (Å²) in [4.78, 5) is 0. The van der Waals surface area contributed by atoms with Crippen molar-refractivity contribution in [2.75, 3.05) is 0 Å². The molecule has 2 aliphatic rings. The smallest absolute Gasteiger partial charge is 0.00850 e. The van der Waals surface area contributed by atoms with Crippen LogP contribution in [0, 0.1) is 17.3 Å². The lowest BCUT2D eigenvalue weighted by Gasteiger charge is -2.33. The molecule has 0 aromatic rings. The number of rotatable bonds is 0. The maximum atomic E-state index is 2.49. The number of hydrogen-bond donors (Lipinski definition) is 0. The Morgan fingerprint density at radius 1 is 1.30 bits per heavy atom. The molecule has 0 aliphatic heterocycles. The summed E-state index contributed by atoms with van der Waals surface area (Å²) in [5.74, 6) is 0. The van der Waals surface area contributed by atoms with Gasteiger partial charge in [-0.05, 0) is 30.1 Å². The lowest BCUT2D eigenvalue weighted by atomic mass is 9.71. The zero-order valence-corrected chi connectivity index (χ0v) is 7.07. The maximum Gasteiger partial charge on any atom is -0.00850 e. The van der Waals surface area contributed by atoms with Crippen molar-refractivity contribution in [1.29, 1.82) is 0 Å². The van der Waals surface area contributed by atoms with Crippen molar-refractivity contribution in [1.82, 2.24) is 0 Å². The molecule has 0 N–H and O–H groups in total. The molecule has 1 atom stereocenters. The fourth-order valence-corrected chi connectivity index (χ4v) is 2.22. The summed E-state index contributed by atoms with van der Waals surface area (Å²) in [7, 11) is 0. The standard InChI is InChI=1S/C10H15/c1-9(2)8-4-6-10(9,3)7-5-8/h4,7H,5-6H2,1-3H3. The van der Waals surface area contributed by atoms with Crippen LogP contribution in [0.1, 0.15) is 33.6 Å². The van der Waals surface area contributed by atoms with Crippen molar-refractivity contribution >= 4 is 0 Å². The Balaban J connectivity index is 2.47. The maximum absolute atomic E-state index is 2.49. The van der Waals surface area contributed by atoms with Gasteiger partial charge < -0.3 is 0 Å².